The number of allylic oxidation sites excluding steroid dienone is 1. The maximum Gasteiger partial charge on any atom is 0.286 e. The maximum atomic E-state index is 12.9. The van der Waals surface area contributed by atoms with Crippen molar-refractivity contribution in [1.82, 2.24) is 5.32 Å². The van der Waals surface area contributed by atoms with E-state index in [1.165, 1.54) is 0 Å². The second-order valence-electron chi connectivity index (χ2n) is 9.54. The highest BCUT2D eigenvalue weighted by molar-refractivity contribution is 5.93. The third kappa shape index (κ3) is 11.0. The number of hydrogen-bond donors (Lipinski definition) is 4. The molecule has 0 saturated heterocycles. The fourth-order valence-electron chi connectivity index (χ4n) is 4.33. The van der Waals surface area contributed by atoms with Gasteiger partial charge in [-0.3, -0.25) is 9.59 Å². The van der Waals surface area contributed by atoms with Gasteiger partial charge in [0, 0.05) is 32.1 Å². The van der Waals surface area contributed by atoms with Crippen LogP contribution in [0.25, 0.3) is 0 Å². The number of nitrogen functional groups attached to an aromatic ring is 1. The Morgan fingerprint density at radius 3 is 2.53 bits per heavy atom. The molecule has 0 unspecified atom stereocenters. The van der Waals surface area contributed by atoms with E-state index >= 15 is 0 Å². The van der Waals surface area contributed by atoms with Crippen molar-refractivity contribution in [3.05, 3.63) is 36.1 Å². The van der Waals surface area contributed by atoms with E-state index in [1.807, 2.05) is 25.1 Å². The van der Waals surface area contributed by atoms with Gasteiger partial charge in [-0.15, -0.1) is 0 Å². The number of amides is 2. The Morgan fingerprint density at radius 1 is 1.11 bits per heavy atom. The molecule has 0 fully saturated rings. The Bertz CT molecular complexity index is 878. The monoisotopic (exact) mass is 535 g/mol. The molecule has 10 heteroatoms. The first kappa shape index (κ1) is 31.6. The van der Waals surface area contributed by atoms with Crippen molar-refractivity contribution in [2.45, 2.75) is 52.7 Å². The average molecular weight is 536 g/mol. The number of nitrogens with one attached hydrogen (secondary N) is 2. The average Bonchev–Trinajstić information content (AvgIpc) is 2.89. The molecule has 2 amide bonds. The molecule has 1 heterocycles. The number of anilines is 2. The second kappa shape index (κ2) is 17.8. The van der Waals surface area contributed by atoms with Gasteiger partial charge in [-0.2, -0.15) is 0 Å². The van der Waals surface area contributed by atoms with Crippen LogP contribution in [0.2, 0.25) is 0 Å². The Labute approximate surface area is 226 Å². The van der Waals surface area contributed by atoms with Crippen LogP contribution in [0.4, 0.5) is 11.4 Å². The zero-order valence-corrected chi connectivity index (χ0v) is 22.9. The number of carbonyl (C=O) groups is 2. The van der Waals surface area contributed by atoms with Crippen LogP contribution in [0.15, 0.2) is 36.1 Å². The predicted octanol–water partition coefficient (Wildman–Crippen LogP) is 3.07. The number of hydrogen-bond acceptors (Lipinski definition) is 8. The molecule has 0 radical (unpaired) electrons. The Kier molecular flexibility index (Phi) is 14.8. The molecule has 38 heavy (non-hydrogen) atoms. The summed E-state index contributed by atoms with van der Waals surface area (Å²) in [5.74, 6) is 0.289. The van der Waals surface area contributed by atoms with Crippen LogP contribution in [-0.2, 0) is 28.5 Å². The Morgan fingerprint density at radius 2 is 1.84 bits per heavy atom. The first-order valence-electron chi connectivity index (χ1n) is 13.6. The van der Waals surface area contributed by atoms with E-state index in [0.29, 0.717) is 70.2 Å². The molecule has 1 aliphatic heterocycles. The van der Waals surface area contributed by atoms with Gasteiger partial charge in [0.15, 0.2) is 5.76 Å². The fraction of sp³-hybridized carbons (Fsp3) is 0.643. The minimum absolute atomic E-state index is 0.00436. The molecule has 1 aromatic rings. The quantitative estimate of drug-likeness (QED) is 0.166. The molecule has 2 rings (SSSR count). The number of benzene rings is 1. The molecule has 0 saturated carbocycles. The van der Waals surface area contributed by atoms with Crippen molar-refractivity contribution in [3.8, 4) is 0 Å². The summed E-state index contributed by atoms with van der Waals surface area (Å²) >= 11 is 0. The van der Waals surface area contributed by atoms with Crippen molar-refractivity contribution < 1.29 is 33.6 Å². The van der Waals surface area contributed by atoms with E-state index in [-0.39, 0.29) is 41.9 Å². The van der Waals surface area contributed by atoms with Crippen molar-refractivity contribution in [3.63, 3.8) is 0 Å². The van der Waals surface area contributed by atoms with E-state index in [4.69, 9.17) is 29.8 Å². The summed E-state index contributed by atoms with van der Waals surface area (Å²) in [6.07, 6.45) is 3.70. The van der Waals surface area contributed by atoms with Gasteiger partial charge in [-0.05, 0) is 56.2 Å². The van der Waals surface area contributed by atoms with Crippen molar-refractivity contribution in [1.29, 1.82) is 0 Å². The molecular weight excluding hydrogens is 490 g/mol. The van der Waals surface area contributed by atoms with Gasteiger partial charge in [-0.1, -0.05) is 26.0 Å². The molecule has 214 valence electrons. The zero-order valence-electron chi connectivity index (χ0n) is 22.9. The standard InChI is InChI=1S/C28H45N3O7/c1-4-37-28-21(12-15-35-17-18-36-16-14-32)22(20(2)3)19-25(38-28)27(34)30-13-8-7-11-26(33)31-24-10-6-5-9-23(24)29/h5-6,9-10,19-22,28,32H,4,7-8,11-18,29H2,1-3H3,(H,30,34)(H,31,33)/t21-,22-,28-/m1/s1. The van der Waals surface area contributed by atoms with Crippen LogP contribution >= 0.6 is 0 Å². The van der Waals surface area contributed by atoms with Crippen LogP contribution in [0.3, 0.4) is 0 Å². The number of unbranched alkanes of at least 4 members (excludes halogenated alkanes) is 1. The SMILES string of the molecule is CCO[C@@H]1OC(C(=O)NCCCCC(=O)Nc2ccccc2N)=C[C@H](C(C)C)[C@H]1CCOCCOCCO. The molecule has 0 aliphatic carbocycles. The van der Waals surface area contributed by atoms with Gasteiger partial charge in [0.25, 0.3) is 5.91 Å². The van der Waals surface area contributed by atoms with Crippen LogP contribution in [0, 0.1) is 17.8 Å². The topological polar surface area (TPSA) is 141 Å². The molecule has 5 N–H and O–H groups in total. The van der Waals surface area contributed by atoms with Crippen LogP contribution in [0.5, 0.6) is 0 Å². The highest BCUT2D eigenvalue weighted by Crippen LogP contribution is 2.36. The van der Waals surface area contributed by atoms with Crippen LogP contribution in [-0.4, -0.2) is 69.4 Å². The van der Waals surface area contributed by atoms with Crippen LogP contribution < -0.4 is 16.4 Å². The second-order valence-corrected chi connectivity index (χ2v) is 9.54. The zero-order chi connectivity index (χ0) is 27.8. The molecular formula is C28H45N3O7. The first-order valence-corrected chi connectivity index (χ1v) is 13.6. The molecule has 1 aliphatic rings. The lowest BCUT2D eigenvalue weighted by molar-refractivity contribution is -0.177. The third-order valence-electron chi connectivity index (χ3n) is 6.31. The van der Waals surface area contributed by atoms with Gasteiger partial charge in [0.05, 0.1) is 37.8 Å². The third-order valence-corrected chi connectivity index (χ3v) is 6.31. The molecule has 0 aromatic heterocycles. The van der Waals surface area contributed by atoms with Gasteiger partial charge < -0.3 is 40.4 Å². The van der Waals surface area contributed by atoms with E-state index < -0.39 is 6.29 Å². The van der Waals surface area contributed by atoms with Gasteiger partial charge in [0.2, 0.25) is 12.2 Å². The first-order chi connectivity index (χ1) is 18.4. The summed E-state index contributed by atoms with van der Waals surface area (Å²) in [7, 11) is 0. The van der Waals surface area contributed by atoms with E-state index in [0.717, 1.165) is 6.42 Å². The van der Waals surface area contributed by atoms with Crippen molar-refractivity contribution in [2.24, 2.45) is 17.8 Å². The summed E-state index contributed by atoms with van der Waals surface area (Å²) in [4.78, 5) is 25.0. The minimum atomic E-state index is -0.540. The number of nitrogens with two attached hydrogens (primary N) is 1. The largest absolute Gasteiger partial charge is 0.459 e. The summed E-state index contributed by atoms with van der Waals surface area (Å²) in [6, 6.07) is 7.13. The lowest BCUT2D eigenvalue weighted by Crippen LogP contribution is -2.41. The molecule has 0 spiro atoms. The highest BCUT2D eigenvalue weighted by Gasteiger charge is 2.38. The number of para-hydroxylation sites is 2. The summed E-state index contributed by atoms with van der Waals surface area (Å²) in [5, 5.41) is 14.5. The molecule has 0 bridgehead atoms. The highest BCUT2D eigenvalue weighted by atomic mass is 16.7. The lowest BCUT2D eigenvalue weighted by Gasteiger charge is -2.38. The lowest BCUT2D eigenvalue weighted by atomic mass is 9.79. The molecule has 1 aromatic carbocycles. The van der Waals surface area contributed by atoms with Gasteiger partial charge in [-0.25, -0.2) is 0 Å². The minimum Gasteiger partial charge on any atom is -0.459 e. The molecule has 3 atom stereocenters. The number of aliphatic hydroxyl groups is 1. The smallest absolute Gasteiger partial charge is 0.286 e. The summed E-state index contributed by atoms with van der Waals surface area (Å²) < 4.78 is 22.8. The van der Waals surface area contributed by atoms with E-state index in [2.05, 4.69) is 24.5 Å². The van der Waals surface area contributed by atoms with Gasteiger partial charge in [0.1, 0.15) is 0 Å². The number of carbonyl (C=O) groups excluding carboxylic acids is 2. The van der Waals surface area contributed by atoms with Gasteiger partial charge >= 0.3 is 0 Å². The predicted molar refractivity (Wildman–Crippen MR) is 146 cm³/mol. The number of ether oxygens (including phenoxy) is 4. The Hall–Kier alpha value is -2.66. The fourth-order valence-corrected chi connectivity index (χ4v) is 4.33. The van der Waals surface area contributed by atoms with Crippen molar-refractivity contribution >= 4 is 23.2 Å². The number of aliphatic hydroxyl groups excluding tert-OH is 1. The van der Waals surface area contributed by atoms with E-state index in [1.54, 1.807) is 12.1 Å². The van der Waals surface area contributed by atoms with E-state index in [9.17, 15) is 9.59 Å². The normalized spacial score (nSPS) is 19.1. The summed E-state index contributed by atoms with van der Waals surface area (Å²) in [5.41, 5.74) is 6.99. The van der Waals surface area contributed by atoms with Crippen LogP contribution in [0.1, 0.15) is 46.5 Å². The summed E-state index contributed by atoms with van der Waals surface area (Å²) in [6.45, 7) is 8.74. The Balaban J connectivity index is 1.81. The van der Waals surface area contributed by atoms with Crippen molar-refractivity contribution in [2.75, 3.05) is 57.2 Å². The number of rotatable bonds is 18. The maximum absolute atomic E-state index is 12.9. The molecule has 10 nitrogen and oxygen atoms in total.